The van der Waals surface area contributed by atoms with Crippen LogP contribution < -0.4 is 19.5 Å². The maximum Gasteiger partial charge on any atom is 0.240 e. The molecule has 0 aromatic heterocycles. The lowest BCUT2D eigenvalue weighted by Gasteiger charge is -2.11. The van der Waals surface area contributed by atoms with Gasteiger partial charge in [0.2, 0.25) is 15.9 Å². The summed E-state index contributed by atoms with van der Waals surface area (Å²) in [5.74, 6) is 0.414. The van der Waals surface area contributed by atoms with E-state index in [1.165, 1.54) is 18.2 Å². The molecule has 0 unspecified atom stereocenters. The number of phenols is 1. The van der Waals surface area contributed by atoms with Crippen molar-refractivity contribution in [3.05, 3.63) is 42.5 Å². The van der Waals surface area contributed by atoms with Gasteiger partial charge in [0.05, 0.1) is 23.8 Å². The van der Waals surface area contributed by atoms with Crippen molar-refractivity contribution in [2.75, 3.05) is 25.1 Å². The van der Waals surface area contributed by atoms with Gasteiger partial charge in [-0.1, -0.05) is 12.1 Å². The Kier molecular flexibility index (Phi) is 5.82. The monoisotopic (exact) mass is 392 g/mol. The predicted octanol–water partition coefficient (Wildman–Crippen LogP) is 1.86. The van der Waals surface area contributed by atoms with Crippen molar-refractivity contribution in [2.45, 2.75) is 17.7 Å². The van der Waals surface area contributed by atoms with Crippen molar-refractivity contribution in [3.8, 4) is 17.2 Å². The molecule has 1 amide bonds. The van der Waals surface area contributed by atoms with E-state index in [1.807, 2.05) is 0 Å². The first-order chi connectivity index (χ1) is 13.0. The number of phenolic OH excluding ortho intramolecular Hbond substituents is 1. The summed E-state index contributed by atoms with van der Waals surface area (Å²) in [5.41, 5.74) is 0.272. The molecule has 144 valence electrons. The molecule has 0 spiro atoms. The van der Waals surface area contributed by atoms with Crippen LogP contribution in [0.4, 0.5) is 5.69 Å². The summed E-state index contributed by atoms with van der Waals surface area (Å²) in [5, 5.41) is 12.2. The van der Waals surface area contributed by atoms with Crippen molar-refractivity contribution in [1.29, 1.82) is 0 Å². The quantitative estimate of drug-likeness (QED) is 0.647. The molecule has 3 rings (SSSR count). The molecule has 9 heteroatoms. The van der Waals surface area contributed by atoms with Crippen molar-refractivity contribution in [3.63, 3.8) is 0 Å². The fraction of sp³-hybridized carbons (Fsp3) is 0.278. The number of fused-ring (bicyclic) bond motifs is 1. The van der Waals surface area contributed by atoms with E-state index in [0.717, 1.165) is 6.42 Å². The Morgan fingerprint density at radius 3 is 2.59 bits per heavy atom. The summed E-state index contributed by atoms with van der Waals surface area (Å²) in [7, 11) is -3.80. The summed E-state index contributed by atoms with van der Waals surface area (Å²) in [6.45, 7) is 0.885. The van der Waals surface area contributed by atoms with Crippen LogP contribution in [0.5, 0.6) is 17.2 Å². The molecule has 1 heterocycles. The molecule has 1 aliphatic rings. The van der Waals surface area contributed by atoms with Gasteiger partial charge < -0.3 is 19.9 Å². The number of carbonyl (C=O) groups excluding carboxylic acids is 1. The molecule has 0 saturated heterocycles. The molecule has 27 heavy (non-hydrogen) atoms. The summed E-state index contributed by atoms with van der Waals surface area (Å²) < 4.78 is 38.2. The molecule has 8 nitrogen and oxygen atoms in total. The molecular formula is C18H20N2O6S. The molecule has 2 aromatic rings. The first-order valence-corrected chi connectivity index (χ1v) is 9.91. The van der Waals surface area contributed by atoms with Crippen molar-refractivity contribution < 1.29 is 27.8 Å². The Labute approximate surface area is 157 Å². The average molecular weight is 392 g/mol. The summed E-state index contributed by atoms with van der Waals surface area (Å²) in [6, 6.07) is 10.7. The SMILES string of the molecule is O=C(CCNS(=O)(=O)c1ccc2c(c1)OCCCO2)Nc1ccccc1O. The van der Waals surface area contributed by atoms with Gasteiger partial charge in [0.15, 0.2) is 11.5 Å². The van der Waals surface area contributed by atoms with Crippen molar-refractivity contribution >= 4 is 21.6 Å². The van der Waals surface area contributed by atoms with Crippen LogP contribution in [0.1, 0.15) is 12.8 Å². The fourth-order valence-corrected chi connectivity index (χ4v) is 3.53. The van der Waals surface area contributed by atoms with Crippen molar-refractivity contribution in [1.82, 2.24) is 4.72 Å². The number of aromatic hydroxyl groups is 1. The highest BCUT2D eigenvalue weighted by Crippen LogP contribution is 2.31. The van der Waals surface area contributed by atoms with Gasteiger partial charge in [-0.15, -0.1) is 0 Å². The lowest BCUT2D eigenvalue weighted by molar-refractivity contribution is -0.116. The zero-order chi connectivity index (χ0) is 19.3. The van der Waals surface area contributed by atoms with Gasteiger partial charge in [0, 0.05) is 25.5 Å². The minimum absolute atomic E-state index is 0.0351. The molecule has 0 fully saturated rings. The lowest BCUT2D eigenvalue weighted by Crippen LogP contribution is -2.27. The topological polar surface area (TPSA) is 114 Å². The minimum atomic E-state index is -3.80. The van der Waals surface area contributed by atoms with E-state index in [0.29, 0.717) is 24.7 Å². The third-order valence-electron chi connectivity index (χ3n) is 3.85. The molecule has 2 aromatic carbocycles. The lowest BCUT2D eigenvalue weighted by atomic mass is 10.3. The Morgan fingerprint density at radius 1 is 1.07 bits per heavy atom. The van der Waals surface area contributed by atoms with E-state index < -0.39 is 15.9 Å². The van der Waals surface area contributed by atoms with Gasteiger partial charge in [-0.05, 0) is 24.3 Å². The third-order valence-corrected chi connectivity index (χ3v) is 5.31. The maximum absolute atomic E-state index is 12.4. The second-order valence-corrected chi connectivity index (χ2v) is 7.64. The highest BCUT2D eigenvalue weighted by Gasteiger charge is 2.19. The number of ether oxygens (including phenoxy) is 2. The van der Waals surface area contributed by atoms with Crippen LogP contribution in [0.15, 0.2) is 47.4 Å². The Balaban J connectivity index is 1.58. The van der Waals surface area contributed by atoms with Gasteiger partial charge in [-0.3, -0.25) is 4.79 Å². The molecule has 0 atom stereocenters. The Bertz CT molecular complexity index is 929. The smallest absolute Gasteiger partial charge is 0.240 e. The number of para-hydroxylation sites is 2. The van der Waals surface area contributed by atoms with E-state index in [2.05, 4.69) is 10.0 Å². The normalized spacial score (nSPS) is 13.6. The number of hydrogen-bond donors (Lipinski definition) is 3. The van der Waals surface area contributed by atoms with Gasteiger partial charge in [-0.2, -0.15) is 0 Å². The van der Waals surface area contributed by atoms with Gasteiger partial charge in [-0.25, -0.2) is 13.1 Å². The number of hydrogen-bond acceptors (Lipinski definition) is 6. The standard InChI is InChI=1S/C18H20N2O6S/c21-15-5-2-1-4-14(15)20-18(22)8-9-19-27(23,24)13-6-7-16-17(12-13)26-11-3-10-25-16/h1-2,4-7,12,19,21H,3,8-11H2,(H,20,22). The zero-order valence-corrected chi connectivity index (χ0v) is 15.3. The van der Waals surface area contributed by atoms with Crippen LogP contribution in [0.2, 0.25) is 0 Å². The Morgan fingerprint density at radius 2 is 1.81 bits per heavy atom. The first kappa shape index (κ1) is 19.0. The number of rotatable bonds is 6. The number of amides is 1. The van der Waals surface area contributed by atoms with E-state index in [1.54, 1.807) is 24.3 Å². The van der Waals surface area contributed by atoms with Crippen LogP contribution in [-0.2, 0) is 14.8 Å². The number of benzene rings is 2. The summed E-state index contributed by atoms with van der Waals surface area (Å²) in [6.07, 6.45) is 0.638. The number of carbonyl (C=O) groups is 1. The number of anilines is 1. The maximum atomic E-state index is 12.4. The molecule has 0 saturated carbocycles. The van der Waals surface area contributed by atoms with Crippen molar-refractivity contribution in [2.24, 2.45) is 0 Å². The van der Waals surface area contributed by atoms with Gasteiger partial charge >= 0.3 is 0 Å². The fourth-order valence-electron chi connectivity index (χ4n) is 2.49. The molecule has 0 radical (unpaired) electrons. The second-order valence-electron chi connectivity index (χ2n) is 5.87. The summed E-state index contributed by atoms with van der Waals surface area (Å²) >= 11 is 0. The van der Waals surface area contributed by atoms with Crippen LogP contribution in [-0.4, -0.2) is 39.2 Å². The number of sulfonamides is 1. The number of nitrogens with one attached hydrogen (secondary N) is 2. The highest BCUT2D eigenvalue weighted by molar-refractivity contribution is 7.89. The van der Waals surface area contributed by atoms with E-state index >= 15 is 0 Å². The van der Waals surface area contributed by atoms with Crippen LogP contribution >= 0.6 is 0 Å². The average Bonchev–Trinajstić information content (AvgIpc) is 2.88. The van der Waals surface area contributed by atoms with Gasteiger partial charge in [0.25, 0.3) is 0 Å². The molecule has 3 N–H and O–H groups in total. The summed E-state index contributed by atoms with van der Waals surface area (Å²) in [4.78, 5) is 12.0. The molecule has 0 aliphatic carbocycles. The van der Waals surface area contributed by atoms with E-state index in [9.17, 15) is 18.3 Å². The van der Waals surface area contributed by atoms with Crippen LogP contribution in [0.3, 0.4) is 0 Å². The van der Waals surface area contributed by atoms with Crippen LogP contribution in [0, 0.1) is 0 Å². The zero-order valence-electron chi connectivity index (χ0n) is 14.5. The second kappa shape index (κ2) is 8.28. The van der Waals surface area contributed by atoms with Gasteiger partial charge in [0.1, 0.15) is 5.75 Å². The van der Waals surface area contributed by atoms with E-state index in [4.69, 9.17) is 9.47 Å². The van der Waals surface area contributed by atoms with Crippen LogP contribution in [0.25, 0.3) is 0 Å². The largest absolute Gasteiger partial charge is 0.506 e. The van der Waals surface area contributed by atoms with E-state index in [-0.39, 0.29) is 29.3 Å². The minimum Gasteiger partial charge on any atom is -0.506 e. The highest BCUT2D eigenvalue weighted by atomic mass is 32.2. The first-order valence-electron chi connectivity index (χ1n) is 8.43. The third kappa shape index (κ3) is 4.89. The Hall–Kier alpha value is -2.78. The molecule has 1 aliphatic heterocycles. The predicted molar refractivity (Wildman–Crippen MR) is 98.6 cm³/mol. The molecular weight excluding hydrogens is 372 g/mol. The molecule has 0 bridgehead atoms.